The molecule has 2 aromatic heterocycles. The van der Waals surface area contributed by atoms with Crippen molar-refractivity contribution >= 4 is 0 Å². The molecule has 0 fully saturated rings. The summed E-state index contributed by atoms with van der Waals surface area (Å²) in [6.07, 6.45) is 3.07. The monoisotopic (exact) mass is 275 g/mol. The number of rotatable bonds is 6. The first kappa shape index (κ1) is 14.8. The summed E-state index contributed by atoms with van der Waals surface area (Å²) in [5.41, 5.74) is 4.59. The van der Waals surface area contributed by atoms with Crippen molar-refractivity contribution in [3.63, 3.8) is 0 Å². The van der Waals surface area contributed by atoms with Crippen LogP contribution in [-0.4, -0.2) is 26.0 Å². The van der Waals surface area contributed by atoms with Gasteiger partial charge in [0.05, 0.1) is 11.4 Å². The molecule has 20 heavy (non-hydrogen) atoms. The third-order valence-electron chi connectivity index (χ3n) is 3.46. The molecule has 110 valence electrons. The number of hydrogen-bond acceptors (Lipinski definition) is 3. The van der Waals surface area contributed by atoms with E-state index in [4.69, 9.17) is 0 Å². The smallest absolute Gasteiger partial charge is 0.0640 e. The van der Waals surface area contributed by atoms with Crippen LogP contribution in [0.3, 0.4) is 0 Å². The largest absolute Gasteiger partial charge is 0.310 e. The summed E-state index contributed by atoms with van der Waals surface area (Å²) in [7, 11) is 0. The normalized spacial score (nSPS) is 13.1. The molecule has 5 heteroatoms. The van der Waals surface area contributed by atoms with Crippen LogP contribution >= 0.6 is 0 Å². The van der Waals surface area contributed by atoms with Gasteiger partial charge in [-0.15, -0.1) is 0 Å². The van der Waals surface area contributed by atoms with Gasteiger partial charge in [0, 0.05) is 42.5 Å². The Morgan fingerprint density at radius 2 is 2.05 bits per heavy atom. The fraction of sp³-hybridized carbons (Fsp3) is 0.600. The Kier molecular flexibility index (Phi) is 4.60. The Morgan fingerprint density at radius 1 is 1.30 bits per heavy atom. The molecule has 2 rings (SSSR count). The van der Waals surface area contributed by atoms with Gasteiger partial charge in [0.25, 0.3) is 0 Å². The fourth-order valence-corrected chi connectivity index (χ4v) is 2.21. The Bertz CT molecular complexity index is 552. The second-order valence-electron chi connectivity index (χ2n) is 5.84. The highest BCUT2D eigenvalue weighted by Crippen LogP contribution is 2.11. The summed E-state index contributed by atoms with van der Waals surface area (Å²) in [4.78, 5) is 0. The molecule has 0 aliphatic carbocycles. The minimum atomic E-state index is 0.388. The van der Waals surface area contributed by atoms with Gasteiger partial charge >= 0.3 is 0 Å². The van der Waals surface area contributed by atoms with E-state index < -0.39 is 0 Å². The zero-order valence-electron chi connectivity index (χ0n) is 13.1. The number of aromatic amines is 1. The molecule has 2 aromatic rings. The maximum atomic E-state index is 4.53. The van der Waals surface area contributed by atoms with E-state index in [0.717, 1.165) is 30.0 Å². The average molecular weight is 275 g/mol. The lowest BCUT2D eigenvalue weighted by Gasteiger charge is -2.11. The van der Waals surface area contributed by atoms with Gasteiger partial charge in [0.2, 0.25) is 0 Å². The van der Waals surface area contributed by atoms with Crippen molar-refractivity contribution in [2.24, 2.45) is 0 Å². The zero-order chi connectivity index (χ0) is 14.7. The highest BCUT2D eigenvalue weighted by Gasteiger charge is 2.10. The lowest BCUT2D eigenvalue weighted by Crippen LogP contribution is -2.27. The highest BCUT2D eigenvalue weighted by molar-refractivity contribution is 5.16. The lowest BCUT2D eigenvalue weighted by molar-refractivity contribution is 0.525. The maximum Gasteiger partial charge on any atom is 0.0640 e. The summed E-state index contributed by atoms with van der Waals surface area (Å²) in [5, 5.41) is 15.3. The molecule has 2 heterocycles. The molecular weight excluding hydrogens is 250 g/mol. The first-order valence-corrected chi connectivity index (χ1v) is 7.24. The molecule has 2 N–H and O–H groups in total. The third kappa shape index (κ3) is 3.70. The van der Waals surface area contributed by atoms with E-state index in [9.17, 15) is 0 Å². The van der Waals surface area contributed by atoms with Crippen LogP contribution < -0.4 is 5.32 Å². The van der Waals surface area contributed by atoms with Crippen LogP contribution in [0.25, 0.3) is 0 Å². The lowest BCUT2D eigenvalue weighted by atomic mass is 10.1. The van der Waals surface area contributed by atoms with E-state index in [0.29, 0.717) is 12.1 Å². The molecule has 0 spiro atoms. The summed E-state index contributed by atoms with van der Waals surface area (Å²) in [5.74, 6) is 0. The van der Waals surface area contributed by atoms with Gasteiger partial charge in [0.15, 0.2) is 0 Å². The summed E-state index contributed by atoms with van der Waals surface area (Å²) in [6.45, 7) is 11.4. The molecule has 0 saturated carbocycles. The topological polar surface area (TPSA) is 58.5 Å². The number of H-pyrrole nitrogens is 1. The second kappa shape index (κ2) is 6.22. The Morgan fingerprint density at radius 3 is 2.60 bits per heavy atom. The maximum absolute atomic E-state index is 4.53. The van der Waals surface area contributed by atoms with Crippen molar-refractivity contribution in [2.75, 3.05) is 0 Å². The zero-order valence-corrected chi connectivity index (χ0v) is 13.1. The van der Waals surface area contributed by atoms with Crippen LogP contribution in [-0.2, 0) is 13.0 Å². The number of hydrogen-bond donors (Lipinski definition) is 2. The second-order valence-corrected chi connectivity index (χ2v) is 5.84. The first-order chi connectivity index (χ1) is 9.45. The van der Waals surface area contributed by atoms with Gasteiger partial charge in [-0.2, -0.15) is 10.2 Å². The minimum Gasteiger partial charge on any atom is -0.310 e. The van der Waals surface area contributed by atoms with E-state index >= 15 is 0 Å². The molecule has 0 aliphatic heterocycles. The fourth-order valence-electron chi connectivity index (χ4n) is 2.21. The number of aromatic nitrogens is 4. The van der Waals surface area contributed by atoms with Crippen LogP contribution in [0, 0.1) is 13.8 Å². The Labute approximate surface area is 120 Å². The minimum absolute atomic E-state index is 0.388. The van der Waals surface area contributed by atoms with E-state index in [-0.39, 0.29) is 0 Å². The van der Waals surface area contributed by atoms with E-state index in [1.54, 1.807) is 0 Å². The summed E-state index contributed by atoms with van der Waals surface area (Å²) < 4.78 is 2.02. The molecule has 1 atom stereocenters. The molecule has 5 nitrogen and oxygen atoms in total. The van der Waals surface area contributed by atoms with Gasteiger partial charge in [-0.3, -0.25) is 9.78 Å². The summed E-state index contributed by atoms with van der Waals surface area (Å²) >= 11 is 0. The highest BCUT2D eigenvalue weighted by atomic mass is 15.3. The molecule has 0 radical (unpaired) electrons. The molecule has 0 aromatic carbocycles. The van der Waals surface area contributed by atoms with Crippen molar-refractivity contribution in [1.29, 1.82) is 0 Å². The SMILES string of the molecule is Cc1cc(C[C@H](C)NCc2cn(C(C)C)nc2C)n[nH]1. The summed E-state index contributed by atoms with van der Waals surface area (Å²) in [6, 6.07) is 2.90. The predicted octanol–water partition coefficient (Wildman–Crippen LogP) is 2.52. The number of aryl methyl sites for hydroxylation is 2. The molecule has 0 unspecified atom stereocenters. The van der Waals surface area contributed by atoms with Crippen molar-refractivity contribution in [3.8, 4) is 0 Å². The van der Waals surface area contributed by atoms with E-state index in [2.05, 4.69) is 60.6 Å². The number of nitrogens with one attached hydrogen (secondary N) is 2. The van der Waals surface area contributed by atoms with Gasteiger partial charge < -0.3 is 5.32 Å². The van der Waals surface area contributed by atoms with Crippen molar-refractivity contribution in [2.45, 2.75) is 59.7 Å². The molecule has 0 saturated heterocycles. The molecular formula is C15H25N5. The molecule has 0 bridgehead atoms. The van der Waals surface area contributed by atoms with Crippen molar-refractivity contribution in [1.82, 2.24) is 25.3 Å². The quantitative estimate of drug-likeness (QED) is 0.851. The van der Waals surface area contributed by atoms with Crippen LogP contribution in [0.4, 0.5) is 0 Å². The number of nitrogens with zero attached hydrogens (tertiary/aromatic N) is 3. The van der Waals surface area contributed by atoms with Crippen LogP contribution in [0.2, 0.25) is 0 Å². The van der Waals surface area contributed by atoms with Gasteiger partial charge in [0.1, 0.15) is 0 Å². The Balaban J connectivity index is 1.88. The predicted molar refractivity (Wildman–Crippen MR) is 80.7 cm³/mol. The van der Waals surface area contributed by atoms with Crippen LogP contribution in [0.1, 0.15) is 49.5 Å². The Hall–Kier alpha value is -1.62. The first-order valence-electron chi connectivity index (χ1n) is 7.24. The van der Waals surface area contributed by atoms with Gasteiger partial charge in [-0.05, 0) is 40.7 Å². The van der Waals surface area contributed by atoms with Crippen LogP contribution in [0.15, 0.2) is 12.3 Å². The molecule has 0 aliphatic rings. The van der Waals surface area contributed by atoms with Gasteiger partial charge in [-0.1, -0.05) is 0 Å². The van der Waals surface area contributed by atoms with Crippen molar-refractivity contribution < 1.29 is 0 Å². The van der Waals surface area contributed by atoms with E-state index in [1.165, 1.54) is 5.56 Å². The van der Waals surface area contributed by atoms with E-state index in [1.807, 2.05) is 11.6 Å². The van der Waals surface area contributed by atoms with Crippen molar-refractivity contribution in [3.05, 3.63) is 34.9 Å². The van der Waals surface area contributed by atoms with Gasteiger partial charge in [-0.25, -0.2) is 0 Å². The van der Waals surface area contributed by atoms with Crippen LogP contribution in [0.5, 0.6) is 0 Å². The third-order valence-corrected chi connectivity index (χ3v) is 3.46. The standard InChI is InChI=1S/C15H25N5/c1-10(2)20-9-14(13(5)19-20)8-16-11(3)6-15-7-12(4)17-18-15/h7,9-11,16H,6,8H2,1-5H3,(H,17,18)/t11-/m0/s1. The molecule has 0 amide bonds. The average Bonchev–Trinajstić information content (AvgIpc) is 2.93.